The van der Waals surface area contributed by atoms with E-state index in [0.29, 0.717) is 11.7 Å². The van der Waals surface area contributed by atoms with Gasteiger partial charge in [0.15, 0.2) is 0 Å². The molecule has 0 aromatic rings. The Morgan fingerprint density at radius 3 is 2.42 bits per heavy atom. The van der Waals surface area contributed by atoms with E-state index >= 15 is 0 Å². The molecule has 0 bridgehead atoms. The van der Waals surface area contributed by atoms with Gasteiger partial charge in [-0.3, -0.25) is 4.79 Å². The summed E-state index contributed by atoms with van der Waals surface area (Å²) in [7, 11) is 0. The molecule has 1 unspecified atom stereocenters. The monoisotopic (exact) mass is 265 g/mol. The van der Waals surface area contributed by atoms with Crippen LogP contribution >= 0.6 is 0 Å². The van der Waals surface area contributed by atoms with Crippen molar-refractivity contribution >= 4 is 5.78 Å². The number of nitrogens with zero attached hydrogens (tertiary/aromatic N) is 1. The van der Waals surface area contributed by atoms with Crippen LogP contribution in [0, 0.1) is 23.2 Å². The number of piperidine rings is 1. The molecule has 1 aliphatic carbocycles. The molecule has 2 nitrogen and oxygen atoms in total. The number of hydrogen-bond donors (Lipinski definition) is 0. The van der Waals surface area contributed by atoms with E-state index in [1.807, 2.05) is 0 Å². The van der Waals surface area contributed by atoms with Crippen molar-refractivity contribution in [3.05, 3.63) is 0 Å². The van der Waals surface area contributed by atoms with Crippen molar-refractivity contribution in [3.63, 3.8) is 0 Å². The molecule has 1 saturated heterocycles. The normalized spacial score (nSPS) is 29.9. The van der Waals surface area contributed by atoms with Crippen LogP contribution in [0.4, 0.5) is 0 Å². The fourth-order valence-electron chi connectivity index (χ4n) is 3.89. The molecule has 2 rings (SSSR count). The van der Waals surface area contributed by atoms with Gasteiger partial charge in [-0.15, -0.1) is 0 Å². The first-order valence-corrected chi connectivity index (χ1v) is 8.17. The quantitative estimate of drug-likeness (QED) is 0.774. The number of rotatable bonds is 3. The Kier molecular flexibility index (Phi) is 4.70. The van der Waals surface area contributed by atoms with Crippen molar-refractivity contribution in [2.45, 2.75) is 59.8 Å². The standard InChI is InChI=1S/C17H31NO/c1-13(2)14-7-10-18(11-8-14)12-15-6-5-9-17(3,4)16(15)19/h13-15H,5-12H2,1-4H3. The third-order valence-electron chi connectivity index (χ3n) is 5.45. The summed E-state index contributed by atoms with van der Waals surface area (Å²) in [5.74, 6) is 2.54. The van der Waals surface area contributed by atoms with Gasteiger partial charge in [-0.2, -0.15) is 0 Å². The van der Waals surface area contributed by atoms with Gasteiger partial charge in [0.25, 0.3) is 0 Å². The van der Waals surface area contributed by atoms with E-state index in [0.717, 1.165) is 31.2 Å². The molecule has 0 amide bonds. The second kappa shape index (κ2) is 5.95. The summed E-state index contributed by atoms with van der Waals surface area (Å²) in [5, 5.41) is 0. The summed E-state index contributed by atoms with van der Waals surface area (Å²) in [6.45, 7) is 12.4. The largest absolute Gasteiger partial charge is 0.303 e. The highest BCUT2D eigenvalue weighted by molar-refractivity contribution is 5.87. The fourth-order valence-corrected chi connectivity index (χ4v) is 3.89. The van der Waals surface area contributed by atoms with Gasteiger partial charge in [-0.25, -0.2) is 0 Å². The molecule has 1 heterocycles. The van der Waals surface area contributed by atoms with Gasteiger partial charge >= 0.3 is 0 Å². The SMILES string of the molecule is CC(C)C1CCN(CC2CCCC(C)(C)C2=O)CC1. The second-order valence-electron chi connectivity index (χ2n) is 7.72. The molecule has 110 valence electrons. The third kappa shape index (κ3) is 3.59. The summed E-state index contributed by atoms with van der Waals surface area (Å²) in [4.78, 5) is 15.0. The predicted molar refractivity (Wildman–Crippen MR) is 80.1 cm³/mol. The van der Waals surface area contributed by atoms with Crippen molar-refractivity contribution < 1.29 is 4.79 Å². The van der Waals surface area contributed by atoms with Crippen molar-refractivity contribution in [1.29, 1.82) is 0 Å². The maximum Gasteiger partial charge on any atom is 0.142 e. The van der Waals surface area contributed by atoms with E-state index < -0.39 is 0 Å². The Bertz CT molecular complexity index is 313. The lowest BCUT2D eigenvalue weighted by molar-refractivity contribution is -0.135. The topological polar surface area (TPSA) is 20.3 Å². The van der Waals surface area contributed by atoms with Gasteiger partial charge in [-0.05, 0) is 50.6 Å². The number of hydrogen-bond acceptors (Lipinski definition) is 2. The van der Waals surface area contributed by atoms with Crippen molar-refractivity contribution in [2.24, 2.45) is 23.2 Å². The van der Waals surface area contributed by atoms with Crippen LogP contribution in [0.1, 0.15) is 59.8 Å². The van der Waals surface area contributed by atoms with Gasteiger partial charge < -0.3 is 4.90 Å². The van der Waals surface area contributed by atoms with Crippen molar-refractivity contribution in [2.75, 3.05) is 19.6 Å². The van der Waals surface area contributed by atoms with Crippen LogP contribution in [-0.2, 0) is 4.79 Å². The van der Waals surface area contributed by atoms with E-state index in [1.54, 1.807) is 0 Å². The van der Waals surface area contributed by atoms with E-state index in [9.17, 15) is 4.79 Å². The first-order chi connectivity index (χ1) is 8.90. The Morgan fingerprint density at radius 2 is 1.84 bits per heavy atom. The van der Waals surface area contributed by atoms with Crippen molar-refractivity contribution in [3.8, 4) is 0 Å². The van der Waals surface area contributed by atoms with E-state index in [2.05, 4.69) is 32.6 Å². The van der Waals surface area contributed by atoms with Gasteiger partial charge in [0.2, 0.25) is 0 Å². The van der Waals surface area contributed by atoms with Crippen LogP contribution in [0.3, 0.4) is 0 Å². The smallest absolute Gasteiger partial charge is 0.142 e. The van der Waals surface area contributed by atoms with E-state index in [4.69, 9.17) is 0 Å². The minimum atomic E-state index is -0.0703. The van der Waals surface area contributed by atoms with Gasteiger partial charge in [-0.1, -0.05) is 34.1 Å². The molecule has 0 aromatic carbocycles. The first kappa shape index (κ1) is 15.0. The molecular formula is C17H31NO. The lowest BCUT2D eigenvalue weighted by Crippen LogP contribution is -2.44. The molecular weight excluding hydrogens is 234 g/mol. The molecule has 0 N–H and O–H groups in total. The highest BCUT2D eigenvalue weighted by atomic mass is 16.1. The summed E-state index contributed by atoms with van der Waals surface area (Å²) in [6.07, 6.45) is 6.07. The second-order valence-corrected chi connectivity index (χ2v) is 7.72. The predicted octanol–water partition coefficient (Wildman–Crippen LogP) is 3.75. The number of likely N-dealkylation sites (tertiary alicyclic amines) is 1. The van der Waals surface area contributed by atoms with Crippen LogP contribution in [0.15, 0.2) is 0 Å². The van der Waals surface area contributed by atoms with Crippen LogP contribution in [-0.4, -0.2) is 30.3 Å². The molecule has 2 heteroatoms. The van der Waals surface area contributed by atoms with Gasteiger partial charge in [0.1, 0.15) is 5.78 Å². The number of ketones is 1. The van der Waals surface area contributed by atoms with Crippen LogP contribution in [0.25, 0.3) is 0 Å². The summed E-state index contributed by atoms with van der Waals surface area (Å²) < 4.78 is 0. The lowest BCUT2D eigenvalue weighted by atomic mass is 9.71. The maximum absolute atomic E-state index is 12.5. The number of Topliss-reactive ketones (excluding diaryl/α,β-unsaturated/α-hetero) is 1. The summed E-state index contributed by atoms with van der Waals surface area (Å²) in [5.41, 5.74) is -0.0703. The lowest BCUT2D eigenvalue weighted by Gasteiger charge is -2.39. The zero-order chi connectivity index (χ0) is 14.0. The molecule has 0 radical (unpaired) electrons. The number of carbonyl (C=O) groups excluding carboxylic acids is 1. The molecule has 19 heavy (non-hydrogen) atoms. The first-order valence-electron chi connectivity index (χ1n) is 8.17. The zero-order valence-electron chi connectivity index (χ0n) is 13.2. The molecule has 0 spiro atoms. The molecule has 0 aromatic heterocycles. The molecule has 1 aliphatic heterocycles. The van der Waals surface area contributed by atoms with Gasteiger partial charge in [0.05, 0.1) is 0 Å². The average molecular weight is 265 g/mol. The third-order valence-corrected chi connectivity index (χ3v) is 5.45. The summed E-state index contributed by atoms with van der Waals surface area (Å²) >= 11 is 0. The number of carbonyl (C=O) groups is 1. The van der Waals surface area contributed by atoms with Gasteiger partial charge in [0, 0.05) is 17.9 Å². The minimum Gasteiger partial charge on any atom is -0.303 e. The Hall–Kier alpha value is -0.370. The molecule has 2 fully saturated rings. The highest BCUT2D eigenvalue weighted by Crippen LogP contribution is 2.36. The highest BCUT2D eigenvalue weighted by Gasteiger charge is 2.38. The van der Waals surface area contributed by atoms with Crippen LogP contribution in [0.5, 0.6) is 0 Å². The zero-order valence-corrected chi connectivity index (χ0v) is 13.2. The van der Waals surface area contributed by atoms with E-state index in [-0.39, 0.29) is 5.41 Å². The Morgan fingerprint density at radius 1 is 1.21 bits per heavy atom. The van der Waals surface area contributed by atoms with Crippen LogP contribution in [0.2, 0.25) is 0 Å². The molecule has 2 aliphatic rings. The minimum absolute atomic E-state index is 0.0703. The molecule has 1 saturated carbocycles. The van der Waals surface area contributed by atoms with Crippen molar-refractivity contribution in [1.82, 2.24) is 4.90 Å². The Balaban J connectivity index is 1.84. The van der Waals surface area contributed by atoms with E-state index in [1.165, 1.54) is 32.4 Å². The maximum atomic E-state index is 12.5. The average Bonchev–Trinajstić information content (AvgIpc) is 2.35. The Labute approximate surface area is 118 Å². The van der Waals surface area contributed by atoms with Crippen LogP contribution < -0.4 is 0 Å². The molecule has 1 atom stereocenters. The summed E-state index contributed by atoms with van der Waals surface area (Å²) in [6, 6.07) is 0. The fraction of sp³-hybridized carbons (Fsp3) is 0.941.